The van der Waals surface area contributed by atoms with Crippen LogP contribution in [0.5, 0.6) is 0 Å². The van der Waals surface area contributed by atoms with Crippen molar-refractivity contribution < 1.29 is 29.3 Å². The highest BCUT2D eigenvalue weighted by Crippen LogP contribution is 2.36. The van der Waals surface area contributed by atoms with E-state index in [1.54, 1.807) is 42.5 Å². The first-order valence-corrected chi connectivity index (χ1v) is 16.1. The summed E-state index contributed by atoms with van der Waals surface area (Å²) in [6.07, 6.45) is 0. The number of hydrogen-bond acceptors (Lipinski definition) is 8. The van der Waals surface area contributed by atoms with Gasteiger partial charge in [-0.3, -0.25) is 9.59 Å². The van der Waals surface area contributed by atoms with Crippen molar-refractivity contribution in [3.63, 3.8) is 0 Å². The molecule has 0 bridgehead atoms. The fraction of sp³-hybridized carbons (Fsp3) is 0.139. The van der Waals surface area contributed by atoms with E-state index in [0.29, 0.717) is 17.7 Å². The number of fused-ring (bicyclic) bond motifs is 2. The predicted molar refractivity (Wildman–Crippen MR) is 184 cm³/mol. The minimum absolute atomic E-state index is 0.00828. The maximum Gasteiger partial charge on any atom is 0.338 e. The lowest BCUT2D eigenvalue weighted by atomic mass is 10.0. The molecule has 10 heteroatoms. The Morgan fingerprint density at radius 3 is 1.72 bits per heavy atom. The number of esters is 1. The standard InChI is InChI=1S/C18H16N2O3S.C18H16O3S/c19-16(22)9-20-18(23)13-5-1-3-11(7-13)15-6-2-4-12-8-14(10-21)24-17(12)15;1-2-21-18(20)14-7-3-5-12(9-14)16-8-4-6-13-10-15(11-19)22-17(13)16/h1-8,21H,9-10H2,(H2,19,22)(H,20,23);3-10,19H,2,11H2,1H3. The minimum Gasteiger partial charge on any atom is -0.462 e. The van der Waals surface area contributed by atoms with Crippen LogP contribution in [-0.2, 0) is 22.7 Å². The van der Waals surface area contributed by atoms with E-state index in [2.05, 4.69) is 5.32 Å². The first-order valence-electron chi connectivity index (χ1n) is 14.5. The molecular weight excluding hydrogens is 621 g/mol. The molecule has 0 aliphatic carbocycles. The molecule has 0 spiro atoms. The van der Waals surface area contributed by atoms with Gasteiger partial charge in [-0.15, -0.1) is 22.7 Å². The van der Waals surface area contributed by atoms with Crippen molar-refractivity contribution in [2.75, 3.05) is 13.2 Å². The van der Waals surface area contributed by atoms with Crippen LogP contribution in [0.15, 0.2) is 97.1 Å². The van der Waals surface area contributed by atoms with Gasteiger partial charge in [-0.25, -0.2) is 4.79 Å². The molecule has 5 N–H and O–H groups in total. The number of aliphatic hydroxyl groups excluding tert-OH is 2. The number of carbonyl (C=O) groups excluding carboxylic acids is 3. The van der Waals surface area contributed by atoms with Gasteiger partial charge in [0.2, 0.25) is 5.91 Å². The summed E-state index contributed by atoms with van der Waals surface area (Å²) in [5.74, 6) is -1.23. The largest absolute Gasteiger partial charge is 0.462 e. The average molecular weight is 653 g/mol. The summed E-state index contributed by atoms with van der Waals surface area (Å²) in [6.45, 7) is 2.02. The molecule has 2 heterocycles. The van der Waals surface area contributed by atoms with Crippen molar-refractivity contribution in [1.29, 1.82) is 0 Å². The monoisotopic (exact) mass is 652 g/mol. The fourth-order valence-corrected chi connectivity index (χ4v) is 7.08. The summed E-state index contributed by atoms with van der Waals surface area (Å²) in [6, 6.07) is 30.6. The molecule has 0 radical (unpaired) electrons. The first-order chi connectivity index (χ1) is 22.3. The number of benzene rings is 4. The molecule has 0 saturated heterocycles. The molecule has 0 aliphatic rings. The number of hydrogen-bond donors (Lipinski definition) is 4. The highest BCUT2D eigenvalue weighted by molar-refractivity contribution is 7.20. The highest BCUT2D eigenvalue weighted by atomic mass is 32.1. The van der Waals surface area contributed by atoms with Crippen LogP contribution in [0.1, 0.15) is 37.4 Å². The second-order valence-corrected chi connectivity index (χ2v) is 12.5. The number of thiophene rings is 2. The van der Waals surface area contributed by atoms with E-state index in [4.69, 9.17) is 10.5 Å². The second kappa shape index (κ2) is 14.9. The number of ether oxygens (including phenoxy) is 1. The summed E-state index contributed by atoms with van der Waals surface area (Å²) in [5, 5.41) is 23.3. The van der Waals surface area contributed by atoms with E-state index >= 15 is 0 Å². The Morgan fingerprint density at radius 2 is 1.22 bits per heavy atom. The lowest BCUT2D eigenvalue weighted by molar-refractivity contribution is -0.117. The van der Waals surface area contributed by atoms with Gasteiger partial charge in [0.15, 0.2) is 0 Å². The van der Waals surface area contributed by atoms with Crippen molar-refractivity contribution in [2.45, 2.75) is 20.1 Å². The van der Waals surface area contributed by atoms with E-state index in [-0.39, 0.29) is 31.6 Å². The summed E-state index contributed by atoms with van der Waals surface area (Å²) in [5.41, 5.74) is 10.00. The third kappa shape index (κ3) is 7.49. The average Bonchev–Trinajstić information content (AvgIpc) is 3.72. The molecular formula is C36H32N2O6S2. The molecule has 234 valence electrons. The molecule has 46 heavy (non-hydrogen) atoms. The second-order valence-electron chi connectivity index (χ2n) is 10.2. The van der Waals surface area contributed by atoms with Crippen LogP contribution in [0.3, 0.4) is 0 Å². The smallest absolute Gasteiger partial charge is 0.338 e. The third-order valence-electron chi connectivity index (χ3n) is 7.05. The molecule has 6 rings (SSSR count). The molecule has 2 amide bonds. The van der Waals surface area contributed by atoms with Gasteiger partial charge in [-0.05, 0) is 76.3 Å². The number of primary amides is 1. The Kier molecular flexibility index (Phi) is 10.6. The molecule has 8 nitrogen and oxygen atoms in total. The zero-order chi connectivity index (χ0) is 32.6. The molecule has 0 atom stereocenters. The van der Waals surface area contributed by atoms with Crippen molar-refractivity contribution in [3.8, 4) is 22.3 Å². The topological polar surface area (TPSA) is 139 Å². The maximum absolute atomic E-state index is 12.1. The molecule has 0 unspecified atom stereocenters. The zero-order valence-corrected chi connectivity index (χ0v) is 26.6. The zero-order valence-electron chi connectivity index (χ0n) is 25.0. The Hall–Kier alpha value is -4.87. The van der Waals surface area contributed by atoms with Crippen LogP contribution >= 0.6 is 22.7 Å². The van der Waals surface area contributed by atoms with Crippen molar-refractivity contribution in [3.05, 3.63) is 118 Å². The predicted octanol–water partition coefficient (Wildman–Crippen LogP) is 6.51. The number of nitrogens with one attached hydrogen (secondary N) is 1. The third-order valence-corrected chi connectivity index (χ3v) is 9.38. The minimum atomic E-state index is -0.584. The molecule has 0 saturated carbocycles. The molecule has 0 fully saturated rings. The van der Waals surface area contributed by atoms with Crippen LogP contribution in [-0.4, -0.2) is 41.1 Å². The Bertz CT molecular complexity index is 2030. The fourth-order valence-electron chi connectivity index (χ4n) is 4.97. The van der Waals surface area contributed by atoms with Gasteiger partial charge < -0.3 is 26.0 Å². The van der Waals surface area contributed by atoms with Gasteiger partial charge in [0, 0.05) is 24.7 Å². The summed E-state index contributed by atoms with van der Waals surface area (Å²) < 4.78 is 7.24. The molecule has 6 aromatic rings. The number of aliphatic hydroxyl groups is 2. The van der Waals surface area contributed by atoms with E-state index in [1.165, 1.54) is 11.3 Å². The van der Waals surface area contributed by atoms with Gasteiger partial charge in [-0.2, -0.15) is 0 Å². The lowest BCUT2D eigenvalue weighted by Crippen LogP contribution is -2.33. The van der Waals surface area contributed by atoms with Gasteiger partial charge in [0.25, 0.3) is 5.91 Å². The van der Waals surface area contributed by atoms with Crippen LogP contribution in [0, 0.1) is 0 Å². The normalized spacial score (nSPS) is 10.8. The Morgan fingerprint density at radius 1 is 0.717 bits per heavy atom. The first kappa shape index (κ1) is 32.5. The van der Waals surface area contributed by atoms with Gasteiger partial charge >= 0.3 is 5.97 Å². The summed E-state index contributed by atoms with van der Waals surface area (Å²) in [4.78, 5) is 36.6. The van der Waals surface area contributed by atoms with E-state index in [9.17, 15) is 24.6 Å². The Balaban J connectivity index is 0.000000182. The molecule has 0 aliphatic heterocycles. The SMILES string of the molecule is CCOC(=O)c1cccc(-c2cccc3cc(CO)sc23)c1.NC(=O)CNC(=O)c1cccc(-c2cccc3cc(CO)sc23)c1. The number of amides is 2. The van der Waals surface area contributed by atoms with Crippen molar-refractivity contribution in [2.24, 2.45) is 5.73 Å². The van der Waals surface area contributed by atoms with Crippen molar-refractivity contribution >= 4 is 60.6 Å². The van der Waals surface area contributed by atoms with Crippen molar-refractivity contribution in [1.82, 2.24) is 5.32 Å². The van der Waals surface area contributed by atoms with Gasteiger partial charge in [-0.1, -0.05) is 60.7 Å². The van der Waals surface area contributed by atoms with Crippen LogP contribution in [0.2, 0.25) is 0 Å². The lowest BCUT2D eigenvalue weighted by Gasteiger charge is -2.07. The Labute approximate surface area is 273 Å². The molecule has 4 aromatic carbocycles. The van der Waals surface area contributed by atoms with E-state index in [0.717, 1.165) is 52.2 Å². The summed E-state index contributed by atoms with van der Waals surface area (Å²) >= 11 is 3.11. The van der Waals surface area contributed by atoms with Crippen LogP contribution in [0.4, 0.5) is 0 Å². The maximum atomic E-state index is 12.1. The van der Waals surface area contributed by atoms with Gasteiger partial charge in [0.1, 0.15) is 0 Å². The van der Waals surface area contributed by atoms with Gasteiger partial charge in [0.05, 0.1) is 31.9 Å². The number of rotatable bonds is 9. The highest BCUT2D eigenvalue weighted by Gasteiger charge is 2.13. The van der Waals surface area contributed by atoms with E-state index < -0.39 is 5.91 Å². The summed E-state index contributed by atoms with van der Waals surface area (Å²) in [7, 11) is 0. The number of nitrogens with two attached hydrogens (primary N) is 1. The quantitative estimate of drug-likeness (QED) is 0.131. The van der Waals surface area contributed by atoms with Crippen LogP contribution < -0.4 is 11.1 Å². The number of carbonyl (C=O) groups is 3. The van der Waals surface area contributed by atoms with Crippen LogP contribution in [0.25, 0.3) is 42.4 Å². The van der Waals surface area contributed by atoms with E-state index in [1.807, 2.05) is 72.8 Å². The molecule has 2 aromatic heterocycles.